The SMILES string of the molecule is FC(F)Oc1ccc2c(n1)OCC=C2. The lowest BCUT2D eigenvalue weighted by atomic mass is 10.2. The second-order valence-corrected chi connectivity index (χ2v) is 2.64. The van der Waals surface area contributed by atoms with Gasteiger partial charge in [-0.25, -0.2) is 0 Å². The molecule has 1 aliphatic rings. The summed E-state index contributed by atoms with van der Waals surface area (Å²) in [6.07, 6.45) is 3.63. The molecule has 0 bridgehead atoms. The quantitative estimate of drug-likeness (QED) is 0.730. The number of fused-ring (bicyclic) bond motifs is 1. The molecule has 0 fully saturated rings. The predicted octanol–water partition coefficient (Wildman–Crippen LogP) is 2.09. The number of rotatable bonds is 2. The van der Waals surface area contributed by atoms with E-state index in [0.717, 1.165) is 5.56 Å². The summed E-state index contributed by atoms with van der Waals surface area (Å²) in [6, 6.07) is 3.00. The Morgan fingerprint density at radius 3 is 3.07 bits per heavy atom. The highest BCUT2D eigenvalue weighted by atomic mass is 19.3. The monoisotopic (exact) mass is 199 g/mol. The Balaban J connectivity index is 2.25. The van der Waals surface area contributed by atoms with Gasteiger partial charge in [0.05, 0.1) is 0 Å². The minimum Gasteiger partial charge on any atom is -0.473 e. The Bertz CT molecular complexity index is 366. The summed E-state index contributed by atoms with van der Waals surface area (Å²) < 4.78 is 32.9. The number of hydrogen-bond acceptors (Lipinski definition) is 3. The van der Waals surface area contributed by atoms with Crippen LogP contribution in [0.15, 0.2) is 18.2 Å². The molecule has 2 rings (SSSR count). The molecule has 0 aliphatic carbocycles. The van der Waals surface area contributed by atoms with Crippen molar-refractivity contribution in [2.75, 3.05) is 6.61 Å². The minimum atomic E-state index is -2.86. The van der Waals surface area contributed by atoms with Crippen LogP contribution in [-0.4, -0.2) is 18.2 Å². The van der Waals surface area contributed by atoms with Gasteiger partial charge in [0.25, 0.3) is 0 Å². The summed E-state index contributed by atoms with van der Waals surface area (Å²) in [5.41, 5.74) is 0.762. The van der Waals surface area contributed by atoms with Crippen LogP contribution in [0.2, 0.25) is 0 Å². The third-order valence-corrected chi connectivity index (χ3v) is 1.69. The van der Waals surface area contributed by atoms with E-state index in [-0.39, 0.29) is 5.88 Å². The minimum absolute atomic E-state index is 0.131. The summed E-state index contributed by atoms with van der Waals surface area (Å²) in [6.45, 7) is -2.46. The zero-order valence-electron chi connectivity index (χ0n) is 7.11. The van der Waals surface area contributed by atoms with Gasteiger partial charge in [0.2, 0.25) is 11.8 Å². The molecule has 14 heavy (non-hydrogen) atoms. The van der Waals surface area contributed by atoms with Gasteiger partial charge in [-0.2, -0.15) is 13.8 Å². The molecule has 0 N–H and O–H groups in total. The van der Waals surface area contributed by atoms with Gasteiger partial charge in [-0.3, -0.25) is 0 Å². The van der Waals surface area contributed by atoms with Crippen molar-refractivity contribution in [2.24, 2.45) is 0 Å². The molecular formula is C9H7F2NO2. The fourth-order valence-electron chi connectivity index (χ4n) is 1.14. The van der Waals surface area contributed by atoms with Crippen molar-refractivity contribution >= 4 is 6.08 Å². The van der Waals surface area contributed by atoms with Gasteiger partial charge >= 0.3 is 6.61 Å². The van der Waals surface area contributed by atoms with E-state index in [9.17, 15) is 8.78 Å². The topological polar surface area (TPSA) is 31.4 Å². The van der Waals surface area contributed by atoms with Gasteiger partial charge < -0.3 is 9.47 Å². The van der Waals surface area contributed by atoms with Crippen LogP contribution < -0.4 is 9.47 Å². The lowest BCUT2D eigenvalue weighted by molar-refractivity contribution is -0.0531. The maximum absolute atomic E-state index is 11.8. The van der Waals surface area contributed by atoms with E-state index in [1.54, 1.807) is 6.07 Å². The lowest BCUT2D eigenvalue weighted by Crippen LogP contribution is -2.07. The molecule has 0 amide bonds. The van der Waals surface area contributed by atoms with E-state index in [1.165, 1.54) is 6.07 Å². The van der Waals surface area contributed by atoms with Crippen LogP contribution in [0.3, 0.4) is 0 Å². The summed E-state index contributed by atoms with van der Waals surface area (Å²) in [5, 5.41) is 0. The molecule has 3 nitrogen and oxygen atoms in total. The molecule has 2 heterocycles. The van der Waals surface area contributed by atoms with Crippen molar-refractivity contribution in [3.63, 3.8) is 0 Å². The zero-order chi connectivity index (χ0) is 9.97. The molecule has 0 aromatic carbocycles. The molecule has 0 saturated heterocycles. The van der Waals surface area contributed by atoms with Crippen LogP contribution in [0.25, 0.3) is 6.08 Å². The molecule has 0 atom stereocenters. The third kappa shape index (κ3) is 1.81. The average molecular weight is 199 g/mol. The highest BCUT2D eigenvalue weighted by Crippen LogP contribution is 2.24. The van der Waals surface area contributed by atoms with Crippen molar-refractivity contribution in [3.05, 3.63) is 23.8 Å². The molecule has 1 aromatic heterocycles. The number of nitrogens with zero attached hydrogens (tertiary/aromatic N) is 1. The number of hydrogen-bond donors (Lipinski definition) is 0. The van der Waals surface area contributed by atoms with Crippen molar-refractivity contribution < 1.29 is 18.3 Å². The van der Waals surface area contributed by atoms with Crippen LogP contribution in [0, 0.1) is 0 Å². The first kappa shape index (κ1) is 8.93. The highest BCUT2D eigenvalue weighted by Gasteiger charge is 2.11. The molecule has 74 valence electrons. The average Bonchev–Trinajstić information content (AvgIpc) is 2.17. The fourth-order valence-corrected chi connectivity index (χ4v) is 1.14. The maximum Gasteiger partial charge on any atom is 0.388 e. The maximum atomic E-state index is 11.8. The molecule has 1 aromatic rings. The van der Waals surface area contributed by atoms with Crippen LogP contribution in [-0.2, 0) is 0 Å². The Kier molecular flexibility index (Phi) is 2.30. The van der Waals surface area contributed by atoms with Gasteiger partial charge in [0.15, 0.2) is 0 Å². The van der Waals surface area contributed by atoms with Crippen molar-refractivity contribution in [1.82, 2.24) is 4.98 Å². The van der Waals surface area contributed by atoms with E-state index in [4.69, 9.17) is 4.74 Å². The summed E-state index contributed by atoms with van der Waals surface area (Å²) in [7, 11) is 0. The fraction of sp³-hybridized carbons (Fsp3) is 0.222. The number of alkyl halides is 2. The van der Waals surface area contributed by atoms with E-state index in [2.05, 4.69) is 9.72 Å². The Hall–Kier alpha value is -1.65. The summed E-state index contributed by atoms with van der Waals surface area (Å²) in [5.74, 6) is 0.194. The number of halogens is 2. The molecule has 0 saturated carbocycles. The molecule has 5 heteroatoms. The molecule has 0 radical (unpaired) electrons. The van der Waals surface area contributed by atoms with Gasteiger partial charge in [-0.05, 0) is 12.1 Å². The van der Waals surface area contributed by atoms with E-state index >= 15 is 0 Å². The number of ether oxygens (including phenoxy) is 2. The molecular weight excluding hydrogens is 192 g/mol. The van der Waals surface area contributed by atoms with E-state index in [0.29, 0.717) is 12.5 Å². The summed E-state index contributed by atoms with van der Waals surface area (Å²) in [4.78, 5) is 3.78. The van der Waals surface area contributed by atoms with Crippen LogP contribution in [0.1, 0.15) is 5.56 Å². The van der Waals surface area contributed by atoms with Gasteiger partial charge in [-0.15, -0.1) is 0 Å². The van der Waals surface area contributed by atoms with E-state index < -0.39 is 6.61 Å². The Morgan fingerprint density at radius 1 is 1.43 bits per heavy atom. The van der Waals surface area contributed by atoms with Crippen LogP contribution in [0.5, 0.6) is 11.8 Å². The van der Waals surface area contributed by atoms with Crippen molar-refractivity contribution in [1.29, 1.82) is 0 Å². The third-order valence-electron chi connectivity index (χ3n) is 1.69. The van der Waals surface area contributed by atoms with E-state index in [1.807, 2.05) is 12.2 Å². The molecule has 1 aliphatic heterocycles. The van der Waals surface area contributed by atoms with Crippen molar-refractivity contribution in [3.8, 4) is 11.8 Å². The van der Waals surface area contributed by atoms with Gasteiger partial charge in [-0.1, -0.05) is 6.08 Å². The number of pyridine rings is 1. The second-order valence-electron chi connectivity index (χ2n) is 2.64. The van der Waals surface area contributed by atoms with Crippen LogP contribution >= 0.6 is 0 Å². The first-order valence-corrected chi connectivity index (χ1v) is 4.01. The first-order valence-electron chi connectivity index (χ1n) is 4.01. The Labute approximate surface area is 79.0 Å². The van der Waals surface area contributed by atoms with Gasteiger partial charge in [0, 0.05) is 11.6 Å². The first-order chi connectivity index (χ1) is 6.75. The standard InChI is InChI=1S/C9H7F2NO2/c10-9(11)14-7-4-3-6-2-1-5-13-8(6)12-7/h1-4,9H,5H2. The number of aromatic nitrogens is 1. The second kappa shape index (κ2) is 3.61. The van der Waals surface area contributed by atoms with Crippen molar-refractivity contribution in [2.45, 2.75) is 6.61 Å². The zero-order valence-corrected chi connectivity index (χ0v) is 7.11. The highest BCUT2D eigenvalue weighted by molar-refractivity contribution is 5.57. The largest absolute Gasteiger partial charge is 0.473 e. The predicted molar refractivity (Wildman–Crippen MR) is 45.4 cm³/mol. The lowest BCUT2D eigenvalue weighted by Gasteiger charge is -2.12. The van der Waals surface area contributed by atoms with Gasteiger partial charge in [0.1, 0.15) is 6.61 Å². The smallest absolute Gasteiger partial charge is 0.388 e. The molecule has 0 spiro atoms. The Morgan fingerprint density at radius 2 is 2.29 bits per heavy atom. The summed E-state index contributed by atoms with van der Waals surface area (Å²) >= 11 is 0. The normalized spacial score (nSPS) is 13.6. The van der Waals surface area contributed by atoms with Crippen LogP contribution in [0.4, 0.5) is 8.78 Å². The molecule has 0 unspecified atom stereocenters.